The number of carboxylic acids is 1. The van der Waals surface area contributed by atoms with E-state index in [-0.39, 0.29) is 6.61 Å². The molecule has 2 unspecified atom stereocenters. The van der Waals surface area contributed by atoms with E-state index in [9.17, 15) is 15.0 Å². The molecule has 3 nitrogen and oxygen atoms in total. The Morgan fingerprint density at radius 1 is 1.15 bits per heavy atom. The van der Waals surface area contributed by atoms with Gasteiger partial charge in [-0.25, -0.2) is 0 Å². The van der Waals surface area contributed by atoms with Gasteiger partial charge in [-0.05, 0) is 29.9 Å². The third kappa shape index (κ3) is 4.34. The molecule has 0 aliphatic carbocycles. The maximum atomic E-state index is 11.3. The summed E-state index contributed by atoms with van der Waals surface area (Å²) in [6, 6.07) is 7.66. The van der Waals surface area contributed by atoms with Crippen molar-refractivity contribution in [1.29, 1.82) is 0 Å². The van der Waals surface area contributed by atoms with E-state index in [0.29, 0.717) is 5.92 Å². The van der Waals surface area contributed by atoms with E-state index in [2.05, 4.69) is 13.8 Å². The maximum absolute atomic E-state index is 11.3. The molecule has 0 heterocycles. The molecular weight excluding hydrogens is 252 g/mol. The summed E-state index contributed by atoms with van der Waals surface area (Å²) in [7, 11) is 0. The van der Waals surface area contributed by atoms with Crippen LogP contribution in [0.5, 0.6) is 0 Å². The number of carboxylic acid groups (broad SMARTS) is 1. The molecule has 0 aliphatic heterocycles. The van der Waals surface area contributed by atoms with E-state index < -0.39 is 11.9 Å². The van der Waals surface area contributed by atoms with Crippen LogP contribution in [0.3, 0.4) is 0 Å². The van der Waals surface area contributed by atoms with E-state index in [1.54, 1.807) is 0 Å². The van der Waals surface area contributed by atoms with Gasteiger partial charge in [0.2, 0.25) is 0 Å². The van der Waals surface area contributed by atoms with Gasteiger partial charge in [0.15, 0.2) is 0 Å². The van der Waals surface area contributed by atoms with Crippen molar-refractivity contribution in [2.75, 3.05) is 6.61 Å². The zero-order chi connectivity index (χ0) is 15.0. The first-order valence-electron chi connectivity index (χ1n) is 7.58. The molecule has 1 aromatic rings. The van der Waals surface area contributed by atoms with Crippen LogP contribution < -0.4 is 0 Å². The van der Waals surface area contributed by atoms with Crippen molar-refractivity contribution in [3.05, 3.63) is 35.4 Å². The van der Waals surface area contributed by atoms with Crippen molar-refractivity contribution < 1.29 is 15.0 Å². The normalized spacial score (nSPS) is 13.9. The number of hydrogen-bond acceptors (Lipinski definition) is 2. The Labute approximate surface area is 121 Å². The van der Waals surface area contributed by atoms with Crippen LogP contribution in [-0.4, -0.2) is 22.8 Å². The average Bonchev–Trinajstić information content (AvgIpc) is 2.45. The van der Waals surface area contributed by atoms with E-state index >= 15 is 0 Å². The zero-order valence-electron chi connectivity index (χ0n) is 12.5. The molecule has 0 saturated heterocycles. The van der Waals surface area contributed by atoms with Gasteiger partial charge in [-0.2, -0.15) is 0 Å². The summed E-state index contributed by atoms with van der Waals surface area (Å²) in [4.78, 5) is 11.3. The lowest BCUT2D eigenvalue weighted by Gasteiger charge is -2.21. The monoisotopic (exact) mass is 278 g/mol. The van der Waals surface area contributed by atoms with Crippen LogP contribution in [0.25, 0.3) is 0 Å². The minimum absolute atomic E-state index is 0.349. The largest absolute Gasteiger partial charge is 0.481 e. The van der Waals surface area contributed by atoms with Gasteiger partial charge < -0.3 is 10.2 Å². The van der Waals surface area contributed by atoms with Crippen molar-refractivity contribution in [3.63, 3.8) is 0 Å². The topological polar surface area (TPSA) is 57.5 Å². The lowest BCUT2D eigenvalue weighted by molar-refractivity contribution is -0.139. The highest BCUT2D eigenvalue weighted by Gasteiger charge is 2.24. The van der Waals surface area contributed by atoms with E-state index in [1.165, 1.54) is 19.3 Å². The molecule has 0 radical (unpaired) electrons. The molecule has 3 heteroatoms. The molecule has 1 aromatic carbocycles. The molecule has 0 saturated carbocycles. The fourth-order valence-electron chi connectivity index (χ4n) is 2.73. The van der Waals surface area contributed by atoms with Crippen LogP contribution in [-0.2, 0) is 4.79 Å². The van der Waals surface area contributed by atoms with Crippen LogP contribution in [0.2, 0.25) is 0 Å². The number of aliphatic carboxylic acids is 1. The highest BCUT2D eigenvalue weighted by molar-refractivity contribution is 5.76. The Bertz CT molecular complexity index is 414. The summed E-state index contributed by atoms with van der Waals surface area (Å²) in [5.41, 5.74) is 1.86. The SMILES string of the molecule is CCCCCC(CC)c1ccccc1C(CO)C(=O)O. The summed E-state index contributed by atoms with van der Waals surface area (Å²) in [5, 5.41) is 18.6. The number of carbonyl (C=O) groups is 1. The second-order valence-corrected chi connectivity index (χ2v) is 5.30. The first kappa shape index (κ1) is 16.7. The lowest BCUT2D eigenvalue weighted by Crippen LogP contribution is -2.18. The number of aliphatic hydroxyl groups is 1. The van der Waals surface area contributed by atoms with Crippen LogP contribution in [0.1, 0.15) is 68.9 Å². The van der Waals surface area contributed by atoms with Crippen molar-refractivity contribution >= 4 is 5.97 Å². The fraction of sp³-hybridized carbons (Fsp3) is 0.588. The average molecular weight is 278 g/mol. The van der Waals surface area contributed by atoms with Gasteiger partial charge in [0, 0.05) is 0 Å². The lowest BCUT2D eigenvalue weighted by atomic mass is 9.83. The Balaban J connectivity index is 3.00. The molecule has 20 heavy (non-hydrogen) atoms. The highest BCUT2D eigenvalue weighted by atomic mass is 16.4. The van der Waals surface area contributed by atoms with Gasteiger partial charge in [-0.1, -0.05) is 57.4 Å². The minimum atomic E-state index is -0.955. The van der Waals surface area contributed by atoms with Gasteiger partial charge >= 0.3 is 5.97 Å². The highest BCUT2D eigenvalue weighted by Crippen LogP contribution is 2.32. The first-order valence-corrected chi connectivity index (χ1v) is 7.58. The zero-order valence-corrected chi connectivity index (χ0v) is 12.5. The first-order chi connectivity index (χ1) is 9.65. The number of unbranched alkanes of at least 4 members (excludes halogenated alkanes) is 2. The van der Waals surface area contributed by atoms with Gasteiger partial charge in [0.25, 0.3) is 0 Å². The predicted molar refractivity (Wildman–Crippen MR) is 81.1 cm³/mol. The molecule has 2 atom stereocenters. The second kappa shape index (κ2) is 8.75. The second-order valence-electron chi connectivity index (χ2n) is 5.30. The Morgan fingerprint density at radius 2 is 1.80 bits per heavy atom. The number of benzene rings is 1. The van der Waals surface area contributed by atoms with Gasteiger partial charge in [0.05, 0.1) is 6.61 Å². The molecule has 0 bridgehead atoms. The summed E-state index contributed by atoms with van der Waals surface area (Å²) >= 11 is 0. The standard InChI is InChI=1S/C17H26O3/c1-3-5-6-9-13(4-2)14-10-7-8-11-15(14)16(12-18)17(19)20/h7-8,10-11,13,16,18H,3-6,9,12H2,1-2H3,(H,19,20). The van der Waals surface area contributed by atoms with E-state index in [1.807, 2.05) is 24.3 Å². The molecule has 0 spiro atoms. The fourth-order valence-corrected chi connectivity index (χ4v) is 2.73. The Hall–Kier alpha value is -1.35. The third-order valence-corrected chi connectivity index (χ3v) is 3.94. The smallest absolute Gasteiger partial charge is 0.313 e. The van der Waals surface area contributed by atoms with Crippen LogP contribution in [0.4, 0.5) is 0 Å². The molecule has 2 N–H and O–H groups in total. The third-order valence-electron chi connectivity index (χ3n) is 3.94. The number of hydrogen-bond donors (Lipinski definition) is 2. The predicted octanol–water partition coefficient (Wildman–Crippen LogP) is 3.92. The molecular formula is C17H26O3. The summed E-state index contributed by atoms with van der Waals surface area (Å²) in [5.74, 6) is -1.39. The van der Waals surface area contributed by atoms with Gasteiger partial charge in [-0.3, -0.25) is 4.79 Å². The van der Waals surface area contributed by atoms with Crippen LogP contribution in [0, 0.1) is 0 Å². The molecule has 0 aromatic heterocycles. The van der Waals surface area contributed by atoms with Gasteiger partial charge in [-0.15, -0.1) is 0 Å². The quantitative estimate of drug-likeness (QED) is 0.673. The maximum Gasteiger partial charge on any atom is 0.313 e. The van der Waals surface area contributed by atoms with Crippen LogP contribution >= 0.6 is 0 Å². The summed E-state index contributed by atoms with van der Waals surface area (Å²) in [6.07, 6.45) is 5.64. The molecule has 0 amide bonds. The van der Waals surface area contributed by atoms with Gasteiger partial charge in [0.1, 0.15) is 5.92 Å². The number of aliphatic hydroxyl groups excluding tert-OH is 1. The Kier molecular flexibility index (Phi) is 7.31. The van der Waals surface area contributed by atoms with Crippen molar-refractivity contribution in [2.45, 2.75) is 57.8 Å². The minimum Gasteiger partial charge on any atom is -0.481 e. The van der Waals surface area contributed by atoms with Crippen LogP contribution in [0.15, 0.2) is 24.3 Å². The van der Waals surface area contributed by atoms with Crippen molar-refractivity contribution in [1.82, 2.24) is 0 Å². The molecule has 0 aliphatic rings. The van der Waals surface area contributed by atoms with E-state index in [4.69, 9.17) is 0 Å². The summed E-state index contributed by atoms with van der Waals surface area (Å²) in [6.45, 7) is 3.97. The molecule has 112 valence electrons. The van der Waals surface area contributed by atoms with Crippen molar-refractivity contribution in [3.8, 4) is 0 Å². The number of rotatable bonds is 9. The Morgan fingerprint density at radius 3 is 2.30 bits per heavy atom. The molecule has 0 fully saturated rings. The van der Waals surface area contributed by atoms with Crippen molar-refractivity contribution in [2.24, 2.45) is 0 Å². The molecule has 1 rings (SSSR count). The summed E-state index contributed by atoms with van der Waals surface area (Å²) < 4.78 is 0. The van der Waals surface area contributed by atoms with E-state index in [0.717, 1.165) is 24.0 Å².